The summed E-state index contributed by atoms with van der Waals surface area (Å²) in [5, 5.41) is 0.663. The van der Waals surface area contributed by atoms with E-state index < -0.39 is 5.97 Å². The van der Waals surface area contributed by atoms with Gasteiger partial charge in [0.1, 0.15) is 5.82 Å². The van der Waals surface area contributed by atoms with Crippen LogP contribution in [0.15, 0.2) is 47.4 Å². The molecule has 1 aromatic carbocycles. The predicted molar refractivity (Wildman–Crippen MR) is 76.6 cm³/mol. The number of aromatic nitrogens is 2. The zero-order chi connectivity index (χ0) is 14.1. The fraction of sp³-hybridized carbons (Fsp3) is 0.0714. The molecule has 3 aromatic rings. The van der Waals surface area contributed by atoms with E-state index in [0.717, 1.165) is 4.70 Å². The fourth-order valence-electron chi connectivity index (χ4n) is 1.87. The molecule has 2 heterocycles. The van der Waals surface area contributed by atoms with Crippen LogP contribution in [0.1, 0.15) is 10.4 Å². The molecule has 0 aliphatic carbocycles. The summed E-state index contributed by atoms with van der Waals surface area (Å²) in [6.45, 7) is 0. The zero-order valence-corrected chi connectivity index (χ0v) is 11.4. The third-order valence-corrected chi connectivity index (χ3v) is 3.96. The normalized spacial score (nSPS) is 10.7. The highest BCUT2D eigenvalue weighted by Gasteiger charge is 2.11. The van der Waals surface area contributed by atoms with Gasteiger partial charge in [0.15, 0.2) is 0 Å². The van der Waals surface area contributed by atoms with Crippen molar-refractivity contribution in [1.82, 2.24) is 8.94 Å². The van der Waals surface area contributed by atoms with E-state index in [2.05, 4.69) is 9.72 Å². The van der Waals surface area contributed by atoms with Crippen LogP contribution in [0.3, 0.4) is 0 Å². The molecule has 20 heavy (non-hydrogen) atoms. The third-order valence-electron chi connectivity index (χ3n) is 2.87. The van der Waals surface area contributed by atoms with Crippen LogP contribution in [0, 0.1) is 0 Å². The quantitative estimate of drug-likeness (QED) is 0.678. The molecule has 0 radical (unpaired) electrons. The summed E-state index contributed by atoms with van der Waals surface area (Å²) in [6.07, 6.45) is 1.40. The highest BCUT2D eigenvalue weighted by molar-refractivity contribution is 7.14. The van der Waals surface area contributed by atoms with Crippen LogP contribution in [0.4, 0.5) is 0 Å². The minimum Gasteiger partial charge on any atom is -0.465 e. The number of carbonyl (C=O) groups is 1. The number of hydrogen-bond donors (Lipinski definition) is 0. The molecule has 0 bridgehead atoms. The van der Waals surface area contributed by atoms with Gasteiger partial charge in [-0.2, -0.15) is 0 Å². The molecule has 100 valence electrons. The molecule has 0 amide bonds. The van der Waals surface area contributed by atoms with Gasteiger partial charge in [0, 0.05) is 6.20 Å². The number of pyridine rings is 1. The SMILES string of the molecule is COC(=O)c1ccc(-n2sc3ccccc3c2=O)nc1. The van der Waals surface area contributed by atoms with Gasteiger partial charge in [0.2, 0.25) is 0 Å². The first-order chi connectivity index (χ1) is 9.70. The first-order valence-corrected chi connectivity index (χ1v) is 6.64. The van der Waals surface area contributed by atoms with Crippen molar-refractivity contribution in [3.8, 4) is 5.82 Å². The summed E-state index contributed by atoms with van der Waals surface area (Å²) in [5.41, 5.74) is 0.245. The van der Waals surface area contributed by atoms with E-state index in [-0.39, 0.29) is 5.56 Å². The van der Waals surface area contributed by atoms with Gasteiger partial charge in [-0.05, 0) is 35.8 Å². The Morgan fingerprint density at radius 3 is 2.70 bits per heavy atom. The van der Waals surface area contributed by atoms with Gasteiger partial charge in [-0.15, -0.1) is 0 Å². The van der Waals surface area contributed by atoms with Crippen molar-refractivity contribution in [2.45, 2.75) is 0 Å². The number of benzene rings is 1. The van der Waals surface area contributed by atoms with Crippen LogP contribution in [0.25, 0.3) is 15.9 Å². The molecule has 0 saturated carbocycles. The second kappa shape index (κ2) is 4.90. The Bertz CT molecular complexity index is 833. The second-order valence-electron chi connectivity index (χ2n) is 4.08. The number of hydrogen-bond acceptors (Lipinski definition) is 5. The van der Waals surface area contributed by atoms with Gasteiger partial charge in [-0.25, -0.2) is 13.7 Å². The number of carbonyl (C=O) groups excluding carboxylic acids is 1. The Hall–Kier alpha value is -2.47. The van der Waals surface area contributed by atoms with Crippen LogP contribution in [-0.2, 0) is 4.74 Å². The Morgan fingerprint density at radius 1 is 1.25 bits per heavy atom. The molecule has 0 atom stereocenters. The minimum atomic E-state index is -0.451. The summed E-state index contributed by atoms with van der Waals surface area (Å²) in [7, 11) is 1.31. The average molecular weight is 286 g/mol. The number of esters is 1. The van der Waals surface area contributed by atoms with Crippen molar-refractivity contribution >= 4 is 27.6 Å². The van der Waals surface area contributed by atoms with Gasteiger partial charge in [-0.3, -0.25) is 4.79 Å². The van der Waals surface area contributed by atoms with Crippen molar-refractivity contribution in [3.05, 3.63) is 58.5 Å². The molecular formula is C14H10N2O3S. The van der Waals surface area contributed by atoms with Gasteiger partial charge in [-0.1, -0.05) is 12.1 Å². The molecule has 0 unspecified atom stereocenters. The Kier molecular flexibility index (Phi) is 3.08. The van der Waals surface area contributed by atoms with Crippen LogP contribution in [0.2, 0.25) is 0 Å². The lowest BCUT2D eigenvalue weighted by Gasteiger charge is -2.01. The van der Waals surface area contributed by atoms with Gasteiger partial charge >= 0.3 is 5.97 Å². The highest BCUT2D eigenvalue weighted by Crippen LogP contribution is 2.18. The molecule has 0 fully saturated rings. The largest absolute Gasteiger partial charge is 0.465 e. The second-order valence-corrected chi connectivity index (χ2v) is 5.07. The number of ether oxygens (including phenoxy) is 1. The number of methoxy groups -OCH3 is 1. The Labute approximate surface area is 118 Å². The minimum absolute atomic E-state index is 0.107. The zero-order valence-electron chi connectivity index (χ0n) is 10.6. The summed E-state index contributed by atoms with van der Waals surface area (Å²) in [6, 6.07) is 10.6. The lowest BCUT2D eigenvalue weighted by atomic mass is 10.3. The van der Waals surface area contributed by atoms with E-state index in [1.165, 1.54) is 28.8 Å². The highest BCUT2D eigenvalue weighted by atomic mass is 32.1. The maximum atomic E-state index is 12.2. The molecule has 0 N–H and O–H groups in total. The van der Waals surface area contributed by atoms with Crippen LogP contribution in [-0.4, -0.2) is 22.0 Å². The maximum absolute atomic E-state index is 12.2. The van der Waals surface area contributed by atoms with Crippen molar-refractivity contribution < 1.29 is 9.53 Å². The number of fused-ring (bicyclic) bond motifs is 1. The first-order valence-electron chi connectivity index (χ1n) is 5.86. The monoisotopic (exact) mass is 286 g/mol. The van der Waals surface area contributed by atoms with Crippen LogP contribution >= 0.6 is 11.5 Å². The predicted octanol–water partition coefficient (Wildman–Crippen LogP) is 2.23. The van der Waals surface area contributed by atoms with Crippen molar-refractivity contribution in [1.29, 1.82) is 0 Å². The number of nitrogens with zero attached hydrogens (tertiary/aromatic N) is 2. The summed E-state index contributed by atoms with van der Waals surface area (Å²) in [4.78, 5) is 27.7. The lowest BCUT2D eigenvalue weighted by Crippen LogP contribution is -2.12. The van der Waals surface area contributed by atoms with E-state index in [9.17, 15) is 9.59 Å². The van der Waals surface area contributed by atoms with E-state index in [1.54, 1.807) is 18.2 Å². The topological polar surface area (TPSA) is 61.2 Å². The lowest BCUT2D eigenvalue weighted by molar-refractivity contribution is 0.0600. The van der Waals surface area contributed by atoms with E-state index in [4.69, 9.17) is 0 Å². The number of rotatable bonds is 2. The summed E-state index contributed by atoms with van der Waals surface area (Å²) >= 11 is 1.32. The van der Waals surface area contributed by atoms with E-state index in [0.29, 0.717) is 16.8 Å². The van der Waals surface area contributed by atoms with Gasteiger partial charge < -0.3 is 4.74 Å². The standard InChI is InChI=1S/C14H10N2O3S/c1-19-14(18)9-6-7-12(15-8-9)16-13(17)10-4-2-3-5-11(10)20-16/h2-8H,1H3. The Morgan fingerprint density at radius 2 is 2.05 bits per heavy atom. The molecule has 0 saturated heterocycles. The van der Waals surface area contributed by atoms with Crippen LogP contribution < -0.4 is 5.56 Å². The van der Waals surface area contributed by atoms with Gasteiger partial charge in [0.05, 0.1) is 22.8 Å². The molecular weight excluding hydrogens is 276 g/mol. The molecule has 0 aliphatic rings. The molecule has 3 rings (SSSR count). The smallest absolute Gasteiger partial charge is 0.339 e. The van der Waals surface area contributed by atoms with Crippen molar-refractivity contribution in [2.75, 3.05) is 7.11 Å². The molecule has 2 aromatic heterocycles. The van der Waals surface area contributed by atoms with E-state index in [1.807, 2.05) is 18.2 Å². The first kappa shape index (κ1) is 12.6. The summed E-state index contributed by atoms with van der Waals surface area (Å²) in [5.74, 6) is 0.0385. The van der Waals surface area contributed by atoms with Crippen LogP contribution in [0.5, 0.6) is 0 Å². The van der Waals surface area contributed by atoms with Crippen molar-refractivity contribution in [3.63, 3.8) is 0 Å². The Balaban J connectivity index is 2.09. The van der Waals surface area contributed by atoms with E-state index >= 15 is 0 Å². The molecule has 5 nitrogen and oxygen atoms in total. The molecule has 0 aliphatic heterocycles. The van der Waals surface area contributed by atoms with Crippen molar-refractivity contribution in [2.24, 2.45) is 0 Å². The maximum Gasteiger partial charge on any atom is 0.339 e. The fourth-order valence-corrected chi connectivity index (χ4v) is 2.84. The summed E-state index contributed by atoms with van der Waals surface area (Å²) < 4.78 is 7.01. The average Bonchev–Trinajstić information content (AvgIpc) is 2.84. The third kappa shape index (κ3) is 2.00. The molecule has 0 spiro atoms. The van der Waals surface area contributed by atoms with Gasteiger partial charge in [0.25, 0.3) is 5.56 Å². The molecule has 6 heteroatoms.